The van der Waals surface area contributed by atoms with Crippen LogP contribution in [0, 0.1) is 5.92 Å². The van der Waals surface area contributed by atoms with E-state index in [2.05, 4.69) is 0 Å². The lowest BCUT2D eigenvalue weighted by atomic mass is 9.79. The molecule has 0 N–H and O–H groups in total. The van der Waals surface area contributed by atoms with E-state index >= 15 is 0 Å². The minimum atomic E-state index is -0.324. The Kier molecular flexibility index (Phi) is 2.44. The summed E-state index contributed by atoms with van der Waals surface area (Å²) in [5, 5.41) is 0. The van der Waals surface area contributed by atoms with E-state index in [9.17, 15) is 9.59 Å². The molecule has 0 unspecified atom stereocenters. The fourth-order valence-corrected chi connectivity index (χ4v) is 2.38. The SMILES string of the molecule is CCOC(=O)N1C[C@H]2CC[C@@H]1C(=O)C2. The van der Waals surface area contributed by atoms with Gasteiger partial charge in [0.05, 0.1) is 12.6 Å². The van der Waals surface area contributed by atoms with Crippen LogP contribution in [0.4, 0.5) is 4.79 Å². The van der Waals surface area contributed by atoms with Gasteiger partial charge in [-0.3, -0.25) is 9.69 Å². The molecule has 3 fully saturated rings. The smallest absolute Gasteiger partial charge is 0.410 e. The van der Waals surface area contributed by atoms with Gasteiger partial charge in [0.25, 0.3) is 0 Å². The number of hydrogen-bond donors (Lipinski definition) is 0. The van der Waals surface area contributed by atoms with Crippen molar-refractivity contribution in [2.75, 3.05) is 13.2 Å². The van der Waals surface area contributed by atoms with E-state index in [-0.39, 0.29) is 17.9 Å². The summed E-state index contributed by atoms with van der Waals surface area (Å²) in [5.74, 6) is 0.581. The number of piperidine rings is 2. The Bertz CT molecular complexity index is 264. The molecule has 0 aromatic carbocycles. The van der Waals surface area contributed by atoms with Gasteiger partial charge in [-0.2, -0.15) is 0 Å². The van der Waals surface area contributed by atoms with Crippen molar-refractivity contribution in [3.63, 3.8) is 0 Å². The summed E-state index contributed by atoms with van der Waals surface area (Å²) < 4.78 is 4.92. The number of rotatable bonds is 1. The lowest BCUT2D eigenvalue weighted by Gasteiger charge is -2.43. The first kappa shape index (κ1) is 9.49. The first-order valence-corrected chi connectivity index (χ1v) is 5.18. The molecule has 0 aromatic rings. The van der Waals surface area contributed by atoms with Crippen LogP contribution in [0.3, 0.4) is 0 Å². The van der Waals surface area contributed by atoms with Crippen molar-refractivity contribution in [3.05, 3.63) is 0 Å². The van der Waals surface area contributed by atoms with Crippen molar-refractivity contribution < 1.29 is 14.3 Å². The second-order valence-electron chi connectivity index (χ2n) is 3.98. The highest BCUT2D eigenvalue weighted by Gasteiger charge is 2.42. The monoisotopic (exact) mass is 197 g/mol. The van der Waals surface area contributed by atoms with Gasteiger partial charge >= 0.3 is 6.09 Å². The highest BCUT2D eigenvalue weighted by molar-refractivity contribution is 5.89. The minimum absolute atomic E-state index is 0.195. The van der Waals surface area contributed by atoms with E-state index in [0.717, 1.165) is 12.8 Å². The number of amides is 1. The molecule has 1 amide bonds. The van der Waals surface area contributed by atoms with Crippen LogP contribution < -0.4 is 0 Å². The molecular formula is C10H15NO3. The number of nitrogens with zero attached hydrogens (tertiary/aromatic N) is 1. The molecule has 2 atom stereocenters. The highest BCUT2D eigenvalue weighted by atomic mass is 16.6. The zero-order chi connectivity index (χ0) is 10.1. The molecule has 0 spiro atoms. The summed E-state index contributed by atoms with van der Waals surface area (Å²) >= 11 is 0. The van der Waals surface area contributed by atoms with E-state index in [1.54, 1.807) is 11.8 Å². The van der Waals surface area contributed by atoms with Crippen LogP contribution in [0.25, 0.3) is 0 Å². The average Bonchev–Trinajstić information content (AvgIpc) is 2.18. The molecule has 1 saturated carbocycles. The number of carbonyl (C=O) groups excluding carboxylic acids is 2. The summed E-state index contributed by atoms with van der Waals surface area (Å²) in [7, 11) is 0. The van der Waals surface area contributed by atoms with Gasteiger partial charge in [-0.15, -0.1) is 0 Å². The second-order valence-corrected chi connectivity index (χ2v) is 3.98. The lowest BCUT2D eigenvalue weighted by molar-refractivity contribution is -0.131. The molecule has 2 bridgehead atoms. The molecule has 2 aliphatic heterocycles. The maximum absolute atomic E-state index is 11.5. The zero-order valence-electron chi connectivity index (χ0n) is 8.36. The van der Waals surface area contributed by atoms with E-state index in [1.165, 1.54) is 0 Å². The van der Waals surface area contributed by atoms with Crippen molar-refractivity contribution >= 4 is 11.9 Å². The summed E-state index contributed by atoms with van der Waals surface area (Å²) in [6.07, 6.45) is 2.23. The topological polar surface area (TPSA) is 46.6 Å². The van der Waals surface area contributed by atoms with E-state index in [1.807, 2.05) is 0 Å². The number of fused-ring (bicyclic) bond motifs is 3. The van der Waals surface area contributed by atoms with Crippen molar-refractivity contribution in [1.82, 2.24) is 4.90 Å². The minimum Gasteiger partial charge on any atom is -0.450 e. The van der Waals surface area contributed by atoms with Gasteiger partial charge in [-0.25, -0.2) is 4.79 Å². The third-order valence-corrected chi connectivity index (χ3v) is 3.04. The maximum atomic E-state index is 11.5. The van der Waals surface area contributed by atoms with Crippen molar-refractivity contribution in [2.45, 2.75) is 32.2 Å². The molecule has 2 saturated heterocycles. The quantitative estimate of drug-likeness (QED) is 0.634. The van der Waals surface area contributed by atoms with Crippen LogP contribution in [0.5, 0.6) is 0 Å². The standard InChI is InChI=1S/C10H15NO3/c1-2-14-10(13)11-6-7-3-4-8(11)9(12)5-7/h7-8H,2-6H2,1H3/t7-,8+/m0/s1. The van der Waals surface area contributed by atoms with E-state index in [0.29, 0.717) is 25.5 Å². The normalized spacial score (nSPS) is 30.6. The van der Waals surface area contributed by atoms with Crippen LogP contribution >= 0.6 is 0 Å². The Labute approximate surface area is 83.2 Å². The Morgan fingerprint density at radius 1 is 1.57 bits per heavy atom. The predicted molar refractivity (Wildman–Crippen MR) is 49.9 cm³/mol. The third kappa shape index (κ3) is 1.49. The molecule has 0 aromatic heterocycles. The van der Waals surface area contributed by atoms with Crippen molar-refractivity contribution in [1.29, 1.82) is 0 Å². The van der Waals surface area contributed by atoms with Gasteiger partial charge in [0, 0.05) is 13.0 Å². The van der Waals surface area contributed by atoms with Gasteiger partial charge < -0.3 is 4.74 Å². The van der Waals surface area contributed by atoms with E-state index in [4.69, 9.17) is 4.74 Å². The van der Waals surface area contributed by atoms with Gasteiger partial charge in [0.2, 0.25) is 0 Å². The van der Waals surface area contributed by atoms with Gasteiger partial charge in [0.1, 0.15) is 0 Å². The first-order chi connectivity index (χ1) is 6.72. The molecule has 1 aliphatic carbocycles. The first-order valence-electron chi connectivity index (χ1n) is 5.18. The number of ketones is 1. The molecule has 14 heavy (non-hydrogen) atoms. The second kappa shape index (κ2) is 3.59. The summed E-state index contributed by atoms with van der Waals surface area (Å²) in [5.41, 5.74) is 0. The number of carbonyl (C=O) groups is 2. The van der Waals surface area contributed by atoms with Gasteiger partial charge in [-0.1, -0.05) is 0 Å². The number of Topliss-reactive ketones (excluding diaryl/α,β-unsaturated/α-hetero) is 1. The van der Waals surface area contributed by atoms with Crippen LogP contribution in [0.2, 0.25) is 0 Å². The molecular weight excluding hydrogens is 182 g/mol. The predicted octanol–water partition coefficient (Wildman–Crippen LogP) is 1.20. The Hall–Kier alpha value is -1.06. The van der Waals surface area contributed by atoms with Crippen LogP contribution in [-0.2, 0) is 9.53 Å². The lowest BCUT2D eigenvalue weighted by Crippen LogP contribution is -2.55. The van der Waals surface area contributed by atoms with Crippen LogP contribution in [0.1, 0.15) is 26.2 Å². The van der Waals surface area contributed by atoms with Gasteiger partial charge in [-0.05, 0) is 25.7 Å². The largest absolute Gasteiger partial charge is 0.450 e. The fourth-order valence-electron chi connectivity index (χ4n) is 2.38. The average molecular weight is 197 g/mol. The molecule has 78 valence electrons. The molecule has 2 heterocycles. The highest BCUT2D eigenvalue weighted by Crippen LogP contribution is 2.32. The number of hydrogen-bond acceptors (Lipinski definition) is 3. The number of ether oxygens (including phenoxy) is 1. The van der Waals surface area contributed by atoms with Crippen molar-refractivity contribution in [3.8, 4) is 0 Å². The molecule has 3 rings (SSSR count). The molecule has 3 aliphatic rings. The maximum Gasteiger partial charge on any atom is 0.410 e. The molecule has 4 heteroatoms. The van der Waals surface area contributed by atoms with Gasteiger partial charge in [0.15, 0.2) is 5.78 Å². The van der Waals surface area contributed by atoms with E-state index < -0.39 is 0 Å². The Morgan fingerprint density at radius 2 is 2.36 bits per heavy atom. The summed E-state index contributed by atoms with van der Waals surface area (Å²) in [6.45, 7) is 2.86. The van der Waals surface area contributed by atoms with Crippen LogP contribution in [-0.4, -0.2) is 36.0 Å². The molecule has 4 nitrogen and oxygen atoms in total. The third-order valence-electron chi connectivity index (χ3n) is 3.04. The Balaban J connectivity index is 2.06. The molecule has 0 radical (unpaired) electrons. The summed E-state index contributed by atoms with van der Waals surface area (Å²) in [6, 6.07) is -0.195. The Morgan fingerprint density at radius 3 is 2.93 bits per heavy atom. The fraction of sp³-hybridized carbons (Fsp3) is 0.800. The summed E-state index contributed by atoms with van der Waals surface area (Å²) in [4.78, 5) is 24.6. The zero-order valence-corrected chi connectivity index (χ0v) is 8.36. The van der Waals surface area contributed by atoms with Crippen LogP contribution in [0.15, 0.2) is 0 Å². The van der Waals surface area contributed by atoms with Crippen molar-refractivity contribution in [2.24, 2.45) is 5.92 Å².